The maximum atomic E-state index is 13.2. The Bertz CT molecular complexity index is 900. The first-order valence-electron chi connectivity index (χ1n) is 8.09. The molecule has 24 heavy (non-hydrogen) atoms. The number of carbonyl (C=O) groups is 1. The van der Waals surface area contributed by atoms with E-state index in [9.17, 15) is 10.1 Å². The third-order valence-corrected chi connectivity index (χ3v) is 4.95. The van der Waals surface area contributed by atoms with Crippen molar-refractivity contribution in [2.75, 3.05) is 0 Å². The summed E-state index contributed by atoms with van der Waals surface area (Å²) in [7, 11) is 0. The zero-order chi connectivity index (χ0) is 16.6. The summed E-state index contributed by atoms with van der Waals surface area (Å²) in [6.45, 7) is 0. The van der Waals surface area contributed by atoms with Crippen LogP contribution in [0.1, 0.15) is 36.6 Å². The van der Waals surface area contributed by atoms with E-state index in [2.05, 4.69) is 11.1 Å². The maximum Gasteiger partial charge on any atom is 0.220 e. The Morgan fingerprint density at radius 2 is 1.83 bits per heavy atom. The van der Waals surface area contributed by atoms with Gasteiger partial charge in [0.1, 0.15) is 5.52 Å². The molecule has 3 aromatic rings. The van der Waals surface area contributed by atoms with E-state index in [1.54, 1.807) is 6.07 Å². The summed E-state index contributed by atoms with van der Waals surface area (Å²) < 4.78 is 5.69. The zero-order valence-corrected chi connectivity index (χ0v) is 13.1. The third-order valence-electron chi connectivity index (χ3n) is 4.95. The predicted octanol–water partition coefficient (Wildman–Crippen LogP) is 4.13. The number of rotatable bonds is 4. The number of oxazole rings is 1. The number of Topliss-reactive ketones (excluding diaryl/α,β-unsaturated/α-hetero) is 1. The molecule has 4 heteroatoms. The van der Waals surface area contributed by atoms with Crippen LogP contribution in [0.5, 0.6) is 0 Å². The van der Waals surface area contributed by atoms with Gasteiger partial charge in [-0.05, 0) is 30.5 Å². The van der Waals surface area contributed by atoms with Crippen molar-refractivity contribution in [1.82, 2.24) is 4.98 Å². The summed E-state index contributed by atoms with van der Waals surface area (Å²) in [6.07, 6.45) is 2.54. The van der Waals surface area contributed by atoms with Crippen molar-refractivity contribution in [3.63, 3.8) is 0 Å². The van der Waals surface area contributed by atoms with Gasteiger partial charge in [0.15, 0.2) is 17.3 Å². The van der Waals surface area contributed by atoms with Crippen LogP contribution in [0.2, 0.25) is 0 Å². The summed E-state index contributed by atoms with van der Waals surface area (Å²) in [5, 5.41) is 9.63. The SMILES string of the molecule is N#CC(C(=O)C1(c2ccccc2)CCC1)c1nc2ccccc2o1. The van der Waals surface area contributed by atoms with E-state index >= 15 is 0 Å². The van der Waals surface area contributed by atoms with E-state index in [0.29, 0.717) is 11.1 Å². The van der Waals surface area contributed by atoms with Gasteiger partial charge in [0.25, 0.3) is 0 Å². The van der Waals surface area contributed by atoms with E-state index < -0.39 is 11.3 Å². The minimum atomic E-state index is -0.974. The minimum Gasteiger partial charge on any atom is -0.439 e. The van der Waals surface area contributed by atoms with Gasteiger partial charge in [-0.15, -0.1) is 0 Å². The van der Waals surface area contributed by atoms with E-state index in [4.69, 9.17) is 4.42 Å². The zero-order valence-electron chi connectivity index (χ0n) is 13.1. The van der Waals surface area contributed by atoms with E-state index in [-0.39, 0.29) is 11.7 Å². The average molecular weight is 316 g/mol. The molecule has 1 aliphatic carbocycles. The number of nitriles is 1. The molecule has 118 valence electrons. The predicted molar refractivity (Wildman–Crippen MR) is 89.3 cm³/mol. The molecule has 1 atom stereocenters. The number of carbonyl (C=O) groups excluding carboxylic acids is 1. The second-order valence-electron chi connectivity index (χ2n) is 6.25. The van der Waals surface area contributed by atoms with Crippen LogP contribution in [0, 0.1) is 11.3 Å². The van der Waals surface area contributed by atoms with Crippen molar-refractivity contribution in [2.24, 2.45) is 0 Å². The van der Waals surface area contributed by atoms with E-state index in [1.165, 1.54) is 0 Å². The molecule has 1 fully saturated rings. The number of aromatic nitrogens is 1. The molecule has 1 unspecified atom stereocenters. The summed E-state index contributed by atoms with van der Waals surface area (Å²) in [5.74, 6) is -0.877. The second-order valence-corrected chi connectivity index (χ2v) is 6.25. The third kappa shape index (κ3) is 2.13. The monoisotopic (exact) mass is 316 g/mol. The van der Waals surface area contributed by atoms with Crippen molar-refractivity contribution in [3.05, 3.63) is 66.1 Å². The Hall–Kier alpha value is -2.93. The first-order chi connectivity index (χ1) is 11.7. The average Bonchev–Trinajstić information content (AvgIpc) is 2.99. The second kappa shape index (κ2) is 5.61. The van der Waals surface area contributed by atoms with Crippen LogP contribution in [0.15, 0.2) is 59.0 Å². The lowest BCUT2D eigenvalue weighted by Gasteiger charge is -2.41. The summed E-state index contributed by atoms with van der Waals surface area (Å²) in [4.78, 5) is 17.6. The molecule has 0 aliphatic heterocycles. The summed E-state index contributed by atoms with van der Waals surface area (Å²) in [6, 6.07) is 19.2. The smallest absolute Gasteiger partial charge is 0.220 e. The van der Waals surface area contributed by atoms with Crippen LogP contribution in [-0.2, 0) is 10.2 Å². The summed E-state index contributed by atoms with van der Waals surface area (Å²) in [5.41, 5.74) is 1.67. The van der Waals surface area contributed by atoms with Crippen LogP contribution in [-0.4, -0.2) is 10.8 Å². The largest absolute Gasteiger partial charge is 0.439 e. The minimum absolute atomic E-state index is 0.103. The number of hydrogen-bond donors (Lipinski definition) is 0. The van der Waals surface area contributed by atoms with E-state index in [0.717, 1.165) is 24.8 Å². The van der Waals surface area contributed by atoms with Gasteiger partial charge in [-0.3, -0.25) is 4.79 Å². The van der Waals surface area contributed by atoms with Crippen LogP contribution in [0.25, 0.3) is 11.1 Å². The van der Waals surface area contributed by atoms with E-state index in [1.807, 2.05) is 48.5 Å². The molecule has 1 aromatic heterocycles. The van der Waals surface area contributed by atoms with Gasteiger partial charge in [0, 0.05) is 0 Å². The van der Waals surface area contributed by atoms with Gasteiger partial charge >= 0.3 is 0 Å². The number of fused-ring (bicyclic) bond motifs is 1. The Morgan fingerprint density at radius 3 is 2.46 bits per heavy atom. The molecule has 0 bridgehead atoms. The normalized spacial score (nSPS) is 17.0. The lowest BCUT2D eigenvalue weighted by Crippen LogP contribution is -2.44. The van der Waals surface area contributed by atoms with Gasteiger partial charge in [-0.25, -0.2) is 4.98 Å². The molecule has 0 amide bonds. The van der Waals surface area contributed by atoms with Gasteiger partial charge in [0.05, 0.1) is 11.5 Å². The fourth-order valence-electron chi connectivity index (χ4n) is 3.48. The first kappa shape index (κ1) is 14.6. The molecule has 0 radical (unpaired) electrons. The molecule has 4 rings (SSSR count). The highest BCUT2D eigenvalue weighted by molar-refractivity contribution is 5.98. The number of ketones is 1. The highest BCUT2D eigenvalue weighted by Crippen LogP contribution is 2.47. The molecule has 1 aliphatic rings. The number of para-hydroxylation sites is 2. The van der Waals surface area contributed by atoms with Crippen LogP contribution in [0.3, 0.4) is 0 Å². The number of benzene rings is 2. The molecule has 4 nitrogen and oxygen atoms in total. The maximum absolute atomic E-state index is 13.2. The molecule has 0 spiro atoms. The van der Waals surface area contributed by atoms with Crippen molar-refractivity contribution in [3.8, 4) is 6.07 Å². The first-order valence-corrected chi connectivity index (χ1v) is 8.09. The van der Waals surface area contributed by atoms with Gasteiger partial charge in [0.2, 0.25) is 5.89 Å². The molecule has 0 saturated heterocycles. The van der Waals surface area contributed by atoms with Crippen molar-refractivity contribution >= 4 is 16.9 Å². The molecule has 2 aromatic carbocycles. The molecule has 1 saturated carbocycles. The van der Waals surface area contributed by atoms with Crippen LogP contribution in [0.4, 0.5) is 0 Å². The van der Waals surface area contributed by atoms with Crippen molar-refractivity contribution in [2.45, 2.75) is 30.6 Å². The quantitative estimate of drug-likeness (QED) is 0.726. The Kier molecular flexibility index (Phi) is 3.42. The van der Waals surface area contributed by atoms with Gasteiger partial charge in [-0.1, -0.05) is 48.9 Å². The van der Waals surface area contributed by atoms with Gasteiger partial charge in [-0.2, -0.15) is 5.26 Å². The molecule has 1 heterocycles. The highest BCUT2D eigenvalue weighted by Gasteiger charge is 2.49. The lowest BCUT2D eigenvalue weighted by molar-refractivity contribution is -0.128. The fraction of sp³-hybridized carbons (Fsp3) is 0.250. The van der Waals surface area contributed by atoms with Gasteiger partial charge < -0.3 is 4.42 Å². The lowest BCUT2D eigenvalue weighted by atomic mass is 9.60. The summed E-state index contributed by atoms with van der Waals surface area (Å²) >= 11 is 0. The van der Waals surface area contributed by atoms with Crippen LogP contribution < -0.4 is 0 Å². The standard InChI is InChI=1S/C20H16N2O2/c21-13-15(19-22-16-9-4-5-10-17(16)24-19)18(23)20(11-6-12-20)14-7-2-1-3-8-14/h1-5,7-10,15H,6,11-12H2. The Labute approximate surface area is 139 Å². The van der Waals surface area contributed by atoms with Crippen LogP contribution >= 0.6 is 0 Å². The van der Waals surface area contributed by atoms with Crippen molar-refractivity contribution in [1.29, 1.82) is 5.26 Å². The molecular weight excluding hydrogens is 300 g/mol. The Balaban J connectivity index is 1.75. The topological polar surface area (TPSA) is 66.9 Å². The number of hydrogen-bond acceptors (Lipinski definition) is 4. The van der Waals surface area contributed by atoms with Crippen molar-refractivity contribution < 1.29 is 9.21 Å². The Morgan fingerprint density at radius 1 is 1.12 bits per heavy atom. The number of nitrogens with zero attached hydrogens (tertiary/aromatic N) is 2. The molecular formula is C20H16N2O2. The highest BCUT2D eigenvalue weighted by atomic mass is 16.3. The fourth-order valence-corrected chi connectivity index (χ4v) is 3.48. The molecule has 0 N–H and O–H groups in total.